The van der Waals surface area contributed by atoms with E-state index in [1.165, 1.54) is 6.42 Å². The monoisotopic (exact) mass is 329 g/mol. The highest BCUT2D eigenvalue weighted by Gasteiger charge is 2.26. The Kier molecular flexibility index (Phi) is 5.38. The number of amides is 2. The summed E-state index contributed by atoms with van der Waals surface area (Å²) in [7, 11) is 0. The topological polar surface area (TPSA) is 61.4 Å². The summed E-state index contributed by atoms with van der Waals surface area (Å²) in [6.45, 7) is 4.45. The van der Waals surface area contributed by atoms with E-state index in [0.29, 0.717) is 6.54 Å². The predicted molar refractivity (Wildman–Crippen MR) is 96.0 cm³/mol. The van der Waals surface area contributed by atoms with Gasteiger partial charge in [0.15, 0.2) is 0 Å². The molecule has 1 aromatic rings. The molecule has 3 rings (SSSR count). The van der Waals surface area contributed by atoms with Crippen molar-refractivity contribution in [1.29, 1.82) is 0 Å². The number of hydrogen-bond acceptors (Lipinski definition) is 3. The molecule has 2 amide bonds. The quantitative estimate of drug-likeness (QED) is 0.873. The Morgan fingerprint density at radius 2 is 1.62 bits per heavy atom. The predicted octanol–water partition coefficient (Wildman–Crippen LogP) is 2.78. The number of carbonyl (C=O) groups is 2. The van der Waals surface area contributed by atoms with Gasteiger partial charge in [0, 0.05) is 42.8 Å². The molecule has 0 atom stereocenters. The van der Waals surface area contributed by atoms with Crippen LogP contribution in [0, 0.1) is 11.8 Å². The largest absolute Gasteiger partial charge is 0.371 e. The van der Waals surface area contributed by atoms with Crippen molar-refractivity contribution in [3.05, 3.63) is 24.3 Å². The van der Waals surface area contributed by atoms with E-state index < -0.39 is 0 Å². The third kappa shape index (κ3) is 3.89. The number of hydrogen-bond donors (Lipinski definition) is 2. The lowest BCUT2D eigenvalue weighted by Gasteiger charge is -2.33. The highest BCUT2D eigenvalue weighted by Crippen LogP contribution is 2.28. The summed E-state index contributed by atoms with van der Waals surface area (Å²) < 4.78 is 0. The second kappa shape index (κ2) is 7.69. The van der Waals surface area contributed by atoms with Gasteiger partial charge in [0.05, 0.1) is 0 Å². The molecule has 1 heterocycles. The Hall–Kier alpha value is -2.04. The standard InChI is InChI=1S/C19H27N3O2/c1-2-20-18(23)15-10-12-22(13-11-15)17-8-6-16(7-9-17)21-19(24)14-4-3-5-14/h6-9,14-15H,2-5,10-13H2,1H3,(H,20,23)(H,21,24). The Morgan fingerprint density at radius 3 is 2.17 bits per heavy atom. The molecular weight excluding hydrogens is 302 g/mol. The average molecular weight is 329 g/mol. The Balaban J connectivity index is 1.51. The lowest BCUT2D eigenvalue weighted by Crippen LogP contribution is -2.40. The van der Waals surface area contributed by atoms with Crippen LogP contribution < -0.4 is 15.5 Å². The molecular formula is C19H27N3O2. The van der Waals surface area contributed by atoms with E-state index in [4.69, 9.17) is 0 Å². The molecule has 2 fully saturated rings. The van der Waals surface area contributed by atoms with Gasteiger partial charge in [-0.25, -0.2) is 0 Å². The van der Waals surface area contributed by atoms with E-state index in [1.807, 2.05) is 19.1 Å². The van der Waals surface area contributed by atoms with Crippen LogP contribution in [0.5, 0.6) is 0 Å². The summed E-state index contributed by atoms with van der Waals surface area (Å²) in [4.78, 5) is 26.2. The molecule has 5 heteroatoms. The molecule has 2 N–H and O–H groups in total. The first-order chi connectivity index (χ1) is 11.7. The van der Waals surface area contributed by atoms with Gasteiger partial charge in [-0.1, -0.05) is 6.42 Å². The molecule has 0 spiro atoms. The first kappa shape index (κ1) is 16.8. The van der Waals surface area contributed by atoms with E-state index >= 15 is 0 Å². The van der Waals surface area contributed by atoms with E-state index in [1.54, 1.807) is 0 Å². The third-order valence-corrected chi connectivity index (χ3v) is 5.19. The van der Waals surface area contributed by atoms with Crippen LogP contribution in [-0.4, -0.2) is 31.4 Å². The number of anilines is 2. The molecule has 24 heavy (non-hydrogen) atoms. The summed E-state index contributed by atoms with van der Waals surface area (Å²) in [6.07, 6.45) is 5.00. The number of rotatable bonds is 5. The van der Waals surface area contributed by atoms with Crippen LogP contribution in [-0.2, 0) is 9.59 Å². The first-order valence-electron chi connectivity index (χ1n) is 9.11. The minimum Gasteiger partial charge on any atom is -0.371 e. The number of carbonyl (C=O) groups excluding carboxylic acids is 2. The van der Waals surface area contributed by atoms with Crippen LogP contribution in [0.15, 0.2) is 24.3 Å². The minimum atomic E-state index is 0.141. The zero-order chi connectivity index (χ0) is 16.9. The molecule has 1 aliphatic carbocycles. The maximum absolute atomic E-state index is 12.0. The lowest BCUT2D eigenvalue weighted by molar-refractivity contribution is -0.125. The fourth-order valence-electron chi connectivity index (χ4n) is 3.39. The van der Waals surface area contributed by atoms with Crippen molar-refractivity contribution in [2.24, 2.45) is 11.8 Å². The van der Waals surface area contributed by atoms with Crippen molar-refractivity contribution in [1.82, 2.24) is 5.32 Å². The fraction of sp³-hybridized carbons (Fsp3) is 0.579. The first-order valence-corrected chi connectivity index (χ1v) is 9.11. The highest BCUT2D eigenvalue weighted by molar-refractivity contribution is 5.93. The lowest BCUT2D eigenvalue weighted by atomic mass is 9.85. The Bertz CT molecular complexity index is 573. The van der Waals surface area contributed by atoms with Crippen LogP contribution in [0.1, 0.15) is 39.0 Å². The van der Waals surface area contributed by atoms with Crippen molar-refractivity contribution in [3.8, 4) is 0 Å². The van der Waals surface area contributed by atoms with E-state index in [0.717, 1.165) is 50.1 Å². The fourth-order valence-corrected chi connectivity index (χ4v) is 3.39. The van der Waals surface area contributed by atoms with Crippen molar-refractivity contribution < 1.29 is 9.59 Å². The van der Waals surface area contributed by atoms with Crippen molar-refractivity contribution >= 4 is 23.2 Å². The van der Waals surface area contributed by atoms with Gasteiger partial charge >= 0.3 is 0 Å². The molecule has 1 saturated heterocycles. The Morgan fingerprint density at radius 1 is 1.00 bits per heavy atom. The number of nitrogens with zero attached hydrogens (tertiary/aromatic N) is 1. The van der Waals surface area contributed by atoms with Crippen LogP contribution >= 0.6 is 0 Å². The van der Waals surface area contributed by atoms with Crippen LogP contribution in [0.3, 0.4) is 0 Å². The Labute approximate surface area is 143 Å². The van der Waals surface area contributed by atoms with Crippen LogP contribution in [0.25, 0.3) is 0 Å². The molecule has 1 aromatic carbocycles. The van der Waals surface area contributed by atoms with Gasteiger partial charge in [0.2, 0.25) is 11.8 Å². The second-order valence-electron chi connectivity index (χ2n) is 6.82. The zero-order valence-electron chi connectivity index (χ0n) is 14.4. The average Bonchev–Trinajstić information content (AvgIpc) is 2.54. The van der Waals surface area contributed by atoms with Gasteiger partial charge in [-0.05, 0) is 56.9 Å². The molecule has 1 saturated carbocycles. The number of benzene rings is 1. The number of nitrogens with one attached hydrogen (secondary N) is 2. The summed E-state index contributed by atoms with van der Waals surface area (Å²) in [6, 6.07) is 8.06. The SMILES string of the molecule is CCNC(=O)C1CCN(c2ccc(NC(=O)C3CCC3)cc2)CC1. The smallest absolute Gasteiger partial charge is 0.227 e. The molecule has 130 valence electrons. The highest BCUT2D eigenvalue weighted by atomic mass is 16.2. The molecule has 2 aliphatic rings. The van der Waals surface area contributed by atoms with Gasteiger partial charge in [-0.3, -0.25) is 9.59 Å². The van der Waals surface area contributed by atoms with Crippen LogP contribution in [0.2, 0.25) is 0 Å². The molecule has 5 nitrogen and oxygen atoms in total. The molecule has 0 unspecified atom stereocenters. The van der Waals surface area contributed by atoms with Crippen molar-refractivity contribution in [2.75, 3.05) is 29.9 Å². The maximum atomic E-state index is 12.0. The normalized spacial score (nSPS) is 18.8. The van der Waals surface area contributed by atoms with E-state index in [-0.39, 0.29) is 23.7 Å². The van der Waals surface area contributed by atoms with Gasteiger partial charge in [0.1, 0.15) is 0 Å². The minimum absolute atomic E-state index is 0.141. The third-order valence-electron chi connectivity index (χ3n) is 5.19. The summed E-state index contributed by atoms with van der Waals surface area (Å²) >= 11 is 0. The molecule has 1 aliphatic heterocycles. The summed E-state index contributed by atoms with van der Waals surface area (Å²) in [5, 5.41) is 5.92. The second-order valence-corrected chi connectivity index (χ2v) is 6.82. The summed E-state index contributed by atoms with van der Waals surface area (Å²) in [5.74, 6) is 0.683. The van der Waals surface area contributed by atoms with E-state index in [2.05, 4.69) is 27.7 Å². The van der Waals surface area contributed by atoms with Gasteiger partial charge in [-0.15, -0.1) is 0 Å². The van der Waals surface area contributed by atoms with Gasteiger partial charge in [0.25, 0.3) is 0 Å². The molecule has 0 radical (unpaired) electrons. The zero-order valence-corrected chi connectivity index (χ0v) is 14.4. The molecule has 0 bridgehead atoms. The number of piperidine rings is 1. The van der Waals surface area contributed by atoms with Crippen molar-refractivity contribution in [3.63, 3.8) is 0 Å². The van der Waals surface area contributed by atoms with Gasteiger partial charge in [-0.2, -0.15) is 0 Å². The summed E-state index contributed by atoms with van der Waals surface area (Å²) in [5.41, 5.74) is 2.03. The maximum Gasteiger partial charge on any atom is 0.227 e. The van der Waals surface area contributed by atoms with E-state index in [9.17, 15) is 9.59 Å². The molecule has 0 aromatic heterocycles. The van der Waals surface area contributed by atoms with Crippen molar-refractivity contribution in [2.45, 2.75) is 39.0 Å². The van der Waals surface area contributed by atoms with Gasteiger partial charge < -0.3 is 15.5 Å². The van der Waals surface area contributed by atoms with Crippen LogP contribution in [0.4, 0.5) is 11.4 Å².